The van der Waals surface area contributed by atoms with E-state index in [4.69, 9.17) is 5.73 Å². The number of nitrogens with zero attached hydrogens (tertiary/aromatic N) is 2. The van der Waals surface area contributed by atoms with Crippen molar-refractivity contribution in [2.45, 2.75) is 18.4 Å². The molecule has 0 radical (unpaired) electrons. The molecule has 1 saturated heterocycles. The summed E-state index contributed by atoms with van der Waals surface area (Å²) in [5.41, 5.74) is 7.25. The maximum atomic E-state index is 11.8. The van der Waals surface area contributed by atoms with Crippen LogP contribution in [-0.4, -0.2) is 51.0 Å². The second-order valence-corrected chi connectivity index (χ2v) is 5.59. The Balaban J connectivity index is 1.82. The number of carboxylic acids is 1. The van der Waals surface area contributed by atoms with Gasteiger partial charge in [-0.3, -0.25) is 4.79 Å². The van der Waals surface area contributed by atoms with E-state index >= 15 is 0 Å². The van der Waals surface area contributed by atoms with Gasteiger partial charge in [0, 0.05) is 12.5 Å². The summed E-state index contributed by atoms with van der Waals surface area (Å²) in [6, 6.07) is 8.90. The number of carbonyl (C=O) groups excluding carboxylic acids is 1. The number of nitrogens with one attached hydrogen (secondary N) is 1. The Morgan fingerprint density at radius 1 is 1.35 bits per heavy atom. The highest BCUT2D eigenvalue weighted by atomic mass is 16.4. The van der Waals surface area contributed by atoms with Crippen LogP contribution in [0.25, 0.3) is 11.3 Å². The summed E-state index contributed by atoms with van der Waals surface area (Å²) in [5, 5.41) is 9.31. The number of hydrogen-bond acceptors (Lipinski definition) is 4. The number of H-pyrrole nitrogens is 1. The number of hydrogen-bond donors (Lipinski definition) is 3. The summed E-state index contributed by atoms with van der Waals surface area (Å²) in [5.74, 6) is -0.801. The average Bonchev–Trinajstić information content (AvgIpc) is 3.21. The minimum atomic E-state index is -1.01. The molecule has 2 atom stereocenters. The van der Waals surface area contributed by atoms with Gasteiger partial charge >= 0.3 is 5.97 Å². The monoisotopic (exact) mass is 314 g/mol. The molecule has 1 aromatic heterocycles. The number of rotatable bonds is 4. The van der Waals surface area contributed by atoms with E-state index in [1.165, 1.54) is 4.90 Å². The second-order valence-electron chi connectivity index (χ2n) is 5.59. The predicted octanol–water partition coefficient (Wildman–Crippen LogP) is 0.804. The number of amides is 1. The Morgan fingerprint density at radius 2 is 2.09 bits per heavy atom. The molecule has 1 aliphatic rings. The third-order valence-corrected chi connectivity index (χ3v) is 4.15. The number of aromatic amines is 1. The van der Waals surface area contributed by atoms with Crippen molar-refractivity contribution < 1.29 is 14.7 Å². The molecule has 0 saturated carbocycles. The van der Waals surface area contributed by atoms with Crippen LogP contribution in [0.2, 0.25) is 0 Å². The van der Waals surface area contributed by atoms with Crippen molar-refractivity contribution in [1.82, 2.24) is 14.9 Å². The van der Waals surface area contributed by atoms with E-state index < -0.39 is 12.0 Å². The summed E-state index contributed by atoms with van der Waals surface area (Å²) in [7, 11) is 0. The number of aromatic nitrogens is 2. The zero-order valence-electron chi connectivity index (χ0n) is 12.5. The molecule has 2 aromatic rings. The average molecular weight is 314 g/mol. The smallest absolute Gasteiger partial charge is 0.326 e. The number of likely N-dealkylation sites (tertiary alicyclic amines) is 1. The highest BCUT2D eigenvalue weighted by molar-refractivity contribution is 5.85. The standard InChI is InChI=1S/C16H18N4O3/c17-7-14(21)20-9-11(6-13(20)16(22)23)15-18-8-12(19-15)10-4-2-1-3-5-10/h1-5,8,11,13H,6-7,9,17H2,(H,18,19)(H,22,23)/t11-,13+/m1/s1. The van der Waals surface area contributed by atoms with Gasteiger partial charge in [0.05, 0.1) is 18.4 Å². The molecule has 2 heterocycles. The zero-order chi connectivity index (χ0) is 16.4. The van der Waals surface area contributed by atoms with Crippen LogP contribution in [0.3, 0.4) is 0 Å². The van der Waals surface area contributed by atoms with Gasteiger partial charge in [0.15, 0.2) is 0 Å². The fraction of sp³-hybridized carbons (Fsp3) is 0.312. The van der Waals surface area contributed by atoms with Crippen LogP contribution in [0.1, 0.15) is 18.2 Å². The molecule has 1 amide bonds. The lowest BCUT2D eigenvalue weighted by atomic mass is 10.1. The molecule has 0 bridgehead atoms. The maximum Gasteiger partial charge on any atom is 0.326 e. The van der Waals surface area contributed by atoms with E-state index in [2.05, 4.69) is 9.97 Å². The van der Waals surface area contributed by atoms with Gasteiger partial charge in [0.25, 0.3) is 0 Å². The van der Waals surface area contributed by atoms with E-state index in [-0.39, 0.29) is 18.4 Å². The van der Waals surface area contributed by atoms with E-state index in [0.717, 1.165) is 11.3 Å². The minimum Gasteiger partial charge on any atom is -0.480 e. The number of imidazole rings is 1. The second kappa shape index (κ2) is 6.21. The van der Waals surface area contributed by atoms with Crippen LogP contribution in [0.4, 0.5) is 0 Å². The minimum absolute atomic E-state index is 0.135. The van der Waals surface area contributed by atoms with E-state index in [1.807, 2.05) is 30.3 Å². The normalized spacial score (nSPS) is 20.7. The maximum absolute atomic E-state index is 11.8. The van der Waals surface area contributed by atoms with Crippen molar-refractivity contribution in [2.75, 3.05) is 13.1 Å². The molecule has 3 rings (SSSR count). The van der Waals surface area contributed by atoms with Crippen molar-refractivity contribution in [3.05, 3.63) is 42.4 Å². The Kier molecular flexibility index (Phi) is 4.12. The van der Waals surface area contributed by atoms with Gasteiger partial charge in [0.1, 0.15) is 11.9 Å². The first-order chi connectivity index (χ1) is 11.1. The van der Waals surface area contributed by atoms with Crippen LogP contribution in [0.5, 0.6) is 0 Å². The first-order valence-electron chi connectivity index (χ1n) is 7.42. The van der Waals surface area contributed by atoms with Crippen LogP contribution < -0.4 is 5.73 Å². The number of nitrogens with two attached hydrogens (primary N) is 1. The summed E-state index contributed by atoms with van der Waals surface area (Å²) >= 11 is 0. The lowest BCUT2D eigenvalue weighted by molar-refractivity contribution is -0.147. The molecule has 23 heavy (non-hydrogen) atoms. The van der Waals surface area contributed by atoms with Gasteiger partial charge in [-0.25, -0.2) is 9.78 Å². The molecular weight excluding hydrogens is 296 g/mol. The van der Waals surface area contributed by atoms with Gasteiger partial charge in [-0.05, 0) is 12.0 Å². The molecule has 0 spiro atoms. The van der Waals surface area contributed by atoms with Crippen molar-refractivity contribution in [2.24, 2.45) is 5.73 Å². The summed E-state index contributed by atoms with van der Waals surface area (Å²) in [6.07, 6.45) is 2.07. The largest absolute Gasteiger partial charge is 0.480 e. The van der Waals surface area contributed by atoms with Crippen molar-refractivity contribution >= 4 is 11.9 Å². The molecular formula is C16H18N4O3. The Bertz CT molecular complexity index is 713. The van der Waals surface area contributed by atoms with Crippen LogP contribution in [-0.2, 0) is 9.59 Å². The van der Waals surface area contributed by atoms with Crippen molar-refractivity contribution in [3.63, 3.8) is 0 Å². The van der Waals surface area contributed by atoms with Gasteiger partial charge in [0.2, 0.25) is 5.91 Å². The fourth-order valence-electron chi connectivity index (χ4n) is 2.97. The third-order valence-electron chi connectivity index (χ3n) is 4.15. The molecule has 4 N–H and O–H groups in total. The van der Waals surface area contributed by atoms with Gasteiger partial charge in [-0.15, -0.1) is 0 Å². The fourth-order valence-corrected chi connectivity index (χ4v) is 2.97. The Labute approximate surface area is 133 Å². The number of carboxylic acid groups (broad SMARTS) is 1. The highest BCUT2D eigenvalue weighted by Gasteiger charge is 2.40. The Hall–Kier alpha value is -2.67. The van der Waals surface area contributed by atoms with Crippen LogP contribution >= 0.6 is 0 Å². The first-order valence-corrected chi connectivity index (χ1v) is 7.42. The summed E-state index contributed by atoms with van der Waals surface area (Å²) in [4.78, 5) is 32.1. The number of aliphatic carboxylic acids is 1. The molecule has 0 unspecified atom stereocenters. The van der Waals surface area contributed by atoms with E-state index in [1.54, 1.807) is 6.20 Å². The molecule has 7 nitrogen and oxygen atoms in total. The topological polar surface area (TPSA) is 112 Å². The quantitative estimate of drug-likeness (QED) is 0.773. The molecule has 0 aliphatic carbocycles. The lowest BCUT2D eigenvalue weighted by Crippen LogP contribution is -2.43. The molecule has 1 aliphatic heterocycles. The zero-order valence-corrected chi connectivity index (χ0v) is 12.5. The highest BCUT2D eigenvalue weighted by Crippen LogP contribution is 2.31. The first kappa shape index (κ1) is 15.2. The molecule has 1 fully saturated rings. The van der Waals surface area contributed by atoms with Crippen LogP contribution in [0.15, 0.2) is 36.5 Å². The lowest BCUT2D eigenvalue weighted by Gasteiger charge is -2.20. The van der Waals surface area contributed by atoms with Gasteiger partial charge in [-0.2, -0.15) is 0 Å². The van der Waals surface area contributed by atoms with Crippen molar-refractivity contribution in [3.8, 4) is 11.3 Å². The summed E-state index contributed by atoms with van der Waals surface area (Å²) < 4.78 is 0. The Morgan fingerprint density at radius 3 is 2.74 bits per heavy atom. The molecule has 1 aromatic carbocycles. The third kappa shape index (κ3) is 2.95. The summed E-state index contributed by atoms with van der Waals surface area (Å²) in [6.45, 7) is 0.124. The van der Waals surface area contributed by atoms with Gasteiger partial charge < -0.3 is 20.7 Å². The van der Waals surface area contributed by atoms with Crippen molar-refractivity contribution in [1.29, 1.82) is 0 Å². The molecule has 7 heteroatoms. The van der Waals surface area contributed by atoms with E-state index in [0.29, 0.717) is 18.8 Å². The van der Waals surface area contributed by atoms with Gasteiger partial charge in [-0.1, -0.05) is 30.3 Å². The SMILES string of the molecule is NCC(=O)N1C[C@H](c2ncc(-c3ccccc3)[nH]2)C[C@H]1C(=O)O. The number of carbonyl (C=O) groups is 2. The van der Waals surface area contributed by atoms with E-state index in [9.17, 15) is 14.7 Å². The number of benzene rings is 1. The van der Waals surface area contributed by atoms with Crippen LogP contribution in [0, 0.1) is 0 Å². The predicted molar refractivity (Wildman–Crippen MR) is 83.6 cm³/mol. The molecule has 120 valence electrons.